The number of methoxy groups -OCH3 is 1. The predicted octanol–water partition coefficient (Wildman–Crippen LogP) is 3.13. The van der Waals surface area contributed by atoms with Gasteiger partial charge in [0.05, 0.1) is 13.5 Å². The third-order valence-corrected chi connectivity index (χ3v) is 4.89. The molecular weight excluding hydrogens is 258 g/mol. The van der Waals surface area contributed by atoms with Gasteiger partial charge in [0.15, 0.2) is 0 Å². The highest BCUT2D eigenvalue weighted by Crippen LogP contribution is 2.48. The van der Waals surface area contributed by atoms with Gasteiger partial charge in [-0.15, -0.1) is 11.3 Å². The average Bonchev–Trinajstić information content (AvgIpc) is 3.01. The summed E-state index contributed by atoms with van der Waals surface area (Å²) in [6, 6.07) is 4.13. The molecule has 0 atom stereocenters. The van der Waals surface area contributed by atoms with Crippen LogP contribution in [0.2, 0.25) is 0 Å². The predicted molar refractivity (Wildman–Crippen MR) is 78.3 cm³/mol. The molecule has 0 amide bonds. The van der Waals surface area contributed by atoms with Crippen molar-refractivity contribution >= 4 is 17.3 Å². The number of hydrogen-bond acceptors (Lipinski definition) is 4. The van der Waals surface area contributed by atoms with Crippen molar-refractivity contribution in [1.82, 2.24) is 5.32 Å². The van der Waals surface area contributed by atoms with Gasteiger partial charge in [-0.25, -0.2) is 0 Å². The summed E-state index contributed by atoms with van der Waals surface area (Å²) in [5.74, 6) is -0.166. The Morgan fingerprint density at radius 2 is 2.16 bits per heavy atom. The second kappa shape index (κ2) is 6.53. The van der Waals surface area contributed by atoms with E-state index in [9.17, 15) is 4.79 Å². The highest BCUT2D eigenvalue weighted by atomic mass is 32.1. The Labute approximate surface area is 119 Å². The largest absolute Gasteiger partial charge is 0.469 e. The van der Waals surface area contributed by atoms with Crippen molar-refractivity contribution in [3.8, 4) is 0 Å². The lowest BCUT2D eigenvalue weighted by atomic mass is 10.0. The van der Waals surface area contributed by atoms with Gasteiger partial charge in [-0.2, -0.15) is 0 Å². The van der Waals surface area contributed by atoms with E-state index in [2.05, 4.69) is 23.0 Å². The number of carbonyl (C=O) groups excluding carboxylic acids is 1. The van der Waals surface area contributed by atoms with Gasteiger partial charge < -0.3 is 10.1 Å². The fourth-order valence-electron chi connectivity index (χ4n) is 2.50. The van der Waals surface area contributed by atoms with Gasteiger partial charge in [0, 0.05) is 22.8 Å². The Morgan fingerprint density at radius 1 is 1.42 bits per heavy atom. The molecule has 1 saturated carbocycles. The van der Waals surface area contributed by atoms with Gasteiger partial charge in [-0.05, 0) is 36.8 Å². The van der Waals surface area contributed by atoms with Crippen LogP contribution in [0, 0.1) is 5.41 Å². The number of nitrogens with one attached hydrogen (secondary N) is 1. The van der Waals surface area contributed by atoms with Crippen molar-refractivity contribution in [2.75, 3.05) is 13.7 Å². The van der Waals surface area contributed by atoms with E-state index in [0.717, 1.165) is 18.0 Å². The SMILES string of the molecule is CCCC1(CNCc2ccc(CC(=O)OC)s2)CC1. The summed E-state index contributed by atoms with van der Waals surface area (Å²) in [5, 5.41) is 3.56. The van der Waals surface area contributed by atoms with Crippen LogP contribution in [0.4, 0.5) is 0 Å². The Hall–Kier alpha value is -0.870. The van der Waals surface area contributed by atoms with E-state index >= 15 is 0 Å². The topological polar surface area (TPSA) is 38.3 Å². The number of carbonyl (C=O) groups is 1. The Kier molecular flexibility index (Phi) is 4.99. The van der Waals surface area contributed by atoms with Crippen molar-refractivity contribution in [2.45, 2.75) is 45.6 Å². The molecule has 106 valence electrons. The molecule has 1 heterocycles. The fraction of sp³-hybridized carbons (Fsp3) is 0.667. The smallest absolute Gasteiger partial charge is 0.310 e. The Balaban J connectivity index is 1.73. The Bertz CT molecular complexity index is 424. The number of esters is 1. The first-order valence-corrected chi connectivity index (χ1v) is 7.84. The van der Waals surface area contributed by atoms with Gasteiger partial charge in [-0.1, -0.05) is 13.3 Å². The first-order chi connectivity index (χ1) is 9.17. The molecule has 1 fully saturated rings. The fourth-order valence-corrected chi connectivity index (χ4v) is 3.47. The molecule has 0 spiro atoms. The van der Waals surface area contributed by atoms with Crippen LogP contribution >= 0.6 is 11.3 Å². The van der Waals surface area contributed by atoms with E-state index in [1.807, 2.05) is 6.07 Å². The van der Waals surface area contributed by atoms with Crippen molar-refractivity contribution in [3.63, 3.8) is 0 Å². The number of ether oxygens (including phenoxy) is 1. The second-order valence-electron chi connectivity index (χ2n) is 5.47. The molecular formula is C15H23NO2S. The van der Waals surface area contributed by atoms with Crippen molar-refractivity contribution in [3.05, 3.63) is 21.9 Å². The van der Waals surface area contributed by atoms with Crippen LogP contribution in [-0.4, -0.2) is 19.6 Å². The molecule has 1 N–H and O–H groups in total. The molecule has 0 aliphatic heterocycles. The van der Waals surface area contributed by atoms with E-state index in [4.69, 9.17) is 0 Å². The number of rotatable bonds is 8. The standard InChI is InChI=1S/C15H23NO2S/c1-3-6-15(7-8-15)11-16-10-13-5-4-12(19-13)9-14(17)18-2/h4-5,16H,3,6-11H2,1-2H3. The number of hydrogen-bond donors (Lipinski definition) is 1. The van der Waals surface area contributed by atoms with Crippen molar-refractivity contribution in [2.24, 2.45) is 5.41 Å². The molecule has 4 heteroatoms. The van der Waals surface area contributed by atoms with Crippen LogP contribution in [0.3, 0.4) is 0 Å². The van der Waals surface area contributed by atoms with Crippen LogP contribution in [0.5, 0.6) is 0 Å². The third kappa shape index (κ3) is 4.32. The summed E-state index contributed by atoms with van der Waals surface area (Å²) in [5.41, 5.74) is 0.598. The van der Waals surface area contributed by atoms with Gasteiger partial charge in [-0.3, -0.25) is 4.79 Å². The maximum Gasteiger partial charge on any atom is 0.310 e. The molecule has 0 saturated heterocycles. The monoisotopic (exact) mass is 281 g/mol. The lowest BCUT2D eigenvalue weighted by molar-refractivity contribution is -0.139. The van der Waals surface area contributed by atoms with E-state index in [1.165, 1.54) is 37.7 Å². The van der Waals surface area contributed by atoms with Crippen molar-refractivity contribution in [1.29, 1.82) is 0 Å². The minimum atomic E-state index is -0.166. The summed E-state index contributed by atoms with van der Waals surface area (Å²) in [7, 11) is 1.43. The third-order valence-electron chi connectivity index (χ3n) is 3.80. The lowest BCUT2D eigenvalue weighted by Gasteiger charge is -2.14. The quantitative estimate of drug-likeness (QED) is 0.744. The molecule has 1 aromatic heterocycles. The molecule has 1 aliphatic rings. The first kappa shape index (κ1) is 14.5. The minimum absolute atomic E-state index is 0.166. The molecule has 0 aromatic carbocycles. The zero-order valence-electron chi connectivity index (χ0n) is 11.8. The van der Waals surface area contributed by atoms with E-state index in [1.54, 1.807) is 11.3 Å². The van der Waals surface area contributed by atoms with Crippen LogP contribution in [0.15, 0.2) is 12.1 Å². The summed E-state index contributed by atoms with van der Waals surface area (Å²) < 4.78 is 4.68. The zero-order chi connectivity index (χ0) is 13.7. The van der Waals surface area contributed by atoms with Crippen LogP contribution in [0.25, 0.3) is 0 Å². The van der Waals surface area contributed by atoms with Crippen molar-refractivity contribution < 1.29 is 9.53 Å². The molecule has 0 bridgehead atoms. The van der Waals surface area contributed by atoms with Gasteiger partial charge in [0.1, 0.15) is 0 Å². The highest BCUT2D eigenvalue weighted by molar-refractivity contribution is 7.12. The van der Waals surface area contributed by atoms with E-state index in [-0.39, 0.29) is 5.97 Å². The summed E-state index contributed by atoms with van der Waals surface area (Å²) >= 11 is 1.70. The average molecular weight is 281 g/mol. The minimum Gasteiger partial charge on any atom is -0.469 e. The normalized spacial score (nSPS) is 16.3. The van der Waals surface area contributed by atoms with Gasteiger partial charge in [0.2, 0.25) is 0 Å². The first-order valence-electron chi connectivity index (χ1n) is 7.02. The van der Waals surface area contributed by atoms with E-state index < -0.39 is 0 Å². The Morgan fingerprint density at radius 3 is 2.79 bits per heavy atom. The summed E-state index contributed by atoms with van der Waals surface area (Å²) in [6.07, 6.45) is 5.78. The maximum atomic E-state index is 11.2. The highest BCUT2D eigenvalue weighted by Gasteiger charge is 2.40. The molecule has 2 rings (SSSR count). The molecule has 1 aliphatic carbocycles. The molecule has 0 unspecified atom stereocenters. The van der Waals surface area contributed by atoms with Crippen LogP contribution in [0.1, 0.15) is 42.4 Å². The summed E-state index contributed by atoms with van der Waals surface area (Å²) in [4.78, 5) is 13.6. The second-order valence-corrected chi connectivity index (χ2v) is 6.73. The summed E-state index contributed by atoms with van der Waals surface area (Å²) in [6.45, 7) is 4.31. The van der Waals surface area contributed by atoms with Crippen LogP contribution < -0.4 is 5.32 Å². The van der Waals surface area contributed by atoms with E-state index in [0.29, 0.717) is 11.8 Å². The molecule has 3 nitrogen and oxygen atoms in total. The maximum absolute atomic E-state index is 11.2. The lowest BCUT2D eigenvalue weighted by Crippen LogP contribution is -2.23. The van der Waals surface area contributed by atoms with Crippen LogP contribution in [-0.2, 0) is 22.5 Å². The van der Waals surface area contributed by atoms with Gasteiger partial charge >= 0.3 is 5.97 Å². The zero-order valence-corrected chi connectivity index (χ0v) is 12.6. The molecule has 19 heavy (non-hydrogen) atoms. The molecule has 1 aromatic rings. The van der Waals surface area contributed by atoms with Gasteiger partial charge in [0.25, 0.3) is 0 Å². The number of thiophene rings is 1. The molecule has 0 radical (unpaired) electrons.